The lowest BCUT2D eigenvalue weighted by Crippen LogP contribution is -2.42. The lowest BCUT2D eigenvalue weighted by atomic mass is 10.0. The smallest absolute Gasteiger partial charge is 0.264 e. The number of sulfonamides is 1. The number of hydrogen-bond donors (Lipinski definition) is 1. The molecule has 33 heavy (non-hydrogen) atoms. The molecule has 4 rings (SSSR count). The zero-order valence-corrected chi connectivity index (χ0v) is 19.7. The van der Waals surface area contributed by atoms with E-state index in [0.717, 1.165) is 5.56 Å². The zero-order valence-electron chi connectivity index (χ0n) is 18.9. The van der Waals surface area contributed by atoms with Gasteiger partial charge in [0, 0.05) is 37.2 Å². The molecule has 174 valence electrons. The van der Waals surface area contributed by atoms with Crippen molar-refractivity contribution < 1.29 is 17.9 Å². The van der Waals surface area contributed by atoms with Crippen molar-refractivity contribution in [2.45, 2.75) is 24.7 Å². The third-order valence-electron chi connectivity index (χ3n) is 5.96. The van der Waals surface area contributed by atoms with Crippen LogP contribution in [0.3, 0.4) is 0 Å². The Balaban J connectivity index is 1.70. The highest BCUT2D eigenvalue weighted by atomic mass is 32.2. The maximum atomic E-state index is 13.3. The first-order valence-electron chi connectivity index (χ1n) is 10.8. The van der Waals surface area contributed by atoms with Crippen LogP contribution in [0, 0.1) is 0 Å². The van der Waals surface area contributed by atoms with E-state index in [4.69, 9.17) is 4.74 Å². The monoisotopic (exact) mass is 469 g/mol. The number of rotatable bonds is 5. The second kappa shape index (κ2) is 8.99. The SMILES string of the molecule is CC(C)c1ccc(N(C)S(=O)(=O)c2ccc3[nH]cc(C(=O)N4CCOCC4)c(=O)c3c2)cc1. The molecule has 0 spiro atoms. The van der Waals surface area contributed by atoms with Gasteiger partial charge in [-0.25, -0.2) is 8.42 Å². The topological polar surface area (TPSA) is 99.8 Å². The molecule has 1 aliphatic rings. The molecular weight excluding hydrogens is 442 g/mol. The molecule has 2 heterocycles. The van der Waals surface area contributed by atoms with Crippen LogP contribution in [-0.4, -0.2) is 57.6 Å². The summed E-state index contributed by atoms with van der Waals surface area (Å²) >= 11 is 0. The Morgan fingerprint density at radius 2 is 1.76 bits per heavy atom. The maximum absolute atomic E-state index is 13.3. The largest absolute Gasteiger partial charge is 0.378 e. The number of morpholine rings is 1. The molecule has 1 aromatic heterocycles. The summed E-state index contributed by atoms with van der Waals surface area (Å²) < 4.78 is 33.0. The number of anilines is 1. The molecule has 1 fully saturated rings. The second-order valence-corrected chi connectivity index (χ2v) is 10.3. The minimum Gasteiger partial charge on any atom is -0.378 e. The van der Waals surface area contributed by atoms with Gasteiger partial charge in [0.05, 0.1) is 23.8 Å². The van der Waals surface area contributed by atoms with Crippen molar-refractivity contribution in [2.24, 2.45) is 0 Å². The fourth-order valence-electron chi connectivity index (χ4n) is 3.82. The van der Waals surface area contributed by atoms with E-state index in [1.165, 1.54) is 29.7 Å². The molecule has 3 aromatic rings. The van der Waals surface area contributed by atoms with E-state index in [0.29, 0.717) is 43.4 Å². The van der Waals surface area contributed by atoms with Gasteiger partial charge in [0.15, 0.2) is 0 Å². The molecule has 0 saturated carbocycles. The number of aromatic nitrogens is 1. The van der Waals surface area contributed by atoms with Crippen LogP contribution in [0.5, 0.6) is 0 Å². The number of benzene rings is 2. The fraction of sp³-hybridized carbons (Fsp3) is 0.333. The summed E-state index contributed by atoms with van der Waals surface area (Å²) in [6, 6.07) is 11.7. The van der Waals surface area contributed by atoms with Crippen molar-refractivity contribution in [1.29, 1.82) is 0 Å². The molecule has 8 nitrogen and oxygen atoms in total. The minimum atomic E-state index is -3.92. The molecule has 0 unspecified atom stereocenters. The van der Waals surface area contributed by atoms with Gasteiger partial charge in [-0.3, -0.25) is 13.9 Å². The highest BCUT2D eigenvalue weighted by molar-refractivity contribution is 7.92. The summed E-state index contributed by atoms with van der Waals surface area (Å²) in [5, 5.41) is 0.152. The average Bonchev–Trinajstić information content (AvgIpc) is 2.83. The Morgan fingerprint density at radius 1 is 1.09 bits per heavy atom. The van der Waals surface area contributed by atoms with E-state index in [9.17, 15) is 18.0 Å². The molecule has 0 aliphatic carbocycles. The number of nitrogens with one attached hydrogen (secondary N) is 1. The quantitative estimate of drug-likeness (QED) is 0.619. The minimum absolute atomic E-state index is 0.0171. The van der Waals surface area contributed by atoms with E-state index in [1.807, 2.05) is 12.1 Å². The number of fused-ring (bicyclic) bond motifs is 1. The Bertz CT molecular complexity index is 1340. The van der Waals surface area contributed by atoms with E-state index in [-0.39, 0.29) is 15.8 Å². The van der Waals surface area contributed by atoms with Gasteiger partial charge in [-0.2, -0.15) is 0 Å². The number of aromatic amines is 1. The maximum Gasteiger partial charge on any atom is 0.264 e. The average molecular weight is 470 g/mol. The van der Waals surface area contributed by atoms with Crippen molar-refractivity contribution in [3.05, 3.63) is 70.0 Å². The number of pyridine rings is 1. The van der Waals surface area contributed by atoms with Crippen LogP contribution in [0.2, 0.25) is 0 Å². The number of ether oxygens (including phenoxy) is 1. The molecule has 9 heteroatoms. The van der Waals surface area contributed by atoms with Gasteiger partial charge in [0.25, 0.3) is 15.9 Å². The number of carbonyl (C=O) groups excluding carboxylic acids is 1. The van der Waals surface area contributed by atoms with E-state index >= 15 is 0 Å². The number of H-pyrrole nitrogens is 1. The van der Waals surface area contributed by atoms with E-state index < -0.39 is 21.4 Å². The Labute approximate surface area is 192 Å². The van der Waals surface area contributed by atoms with Crippen LogP contribution >= 0.6 is 0 Å². The van der Waals surface area contributed by atoms with Crippen LogP contribution in [0.4, 0.5) is 5.69 Å². The molecule has 2 aromatic carbocycles. The van der Waals surface area contributed by atoms with Gasteiger partial charge in [-0.15, -0.1) is 0 Å². The van der Waals surface area contributed by atoms with Crippen LogP contribution in [0.25, 0.3) is 10.9 Å². The first kappa shape index (κ1) is 23.0. The number of carbonyl (C=O) groups is 1. The van der Waals surface area contributed by atoms with Crippen LogP contribution in [0.1, 0.15) is 35.7 Å². The molecule has 1 N–H and O–H groups in total. The number of nitrogens with zero attached hydrogens (tertiary/aromatic N) is 2. The van der Waals surface area contributed by atoms with Crippen molar-refractivity contribution in [3.8, 4) is 0 Å². The van der Waals surface area contributed by atoms with E-state index in [1.54, 1.807) is 23.1 Å². The molecule has 0 bridgehead atoms. The summed E-state index contributed by atoms with van der Waals surface area (Å²) in [5.74, 6) is -0.0559. The van der Waals surface area contributed by atoms with Gasteiger partial charge in [0.1, 0.15) is 5.56 Å². The molecular formula is C24H27N3O5S. The highest BCUT2D eigenvalue weighted by Gasteiger charge is 2.25. The Morgan fingerprint density at radius 3 is 2.39 bits per heavy atom. The summed E-state index contributed by atoms with van der Waals surface area (Å²) in [4.78, 5) is 30.5. The molecule has 1 amide bonds. The van der Waals surface area contributed by atoms with Crippen LogP contribution in [-0.2, 0) is 14.8 Å². The predicted molar refractivity (Wildman–Crippen MR) is 127 cm³/mol. The molecule has 1 aliphatic heterocycles. The lowest BCUT2D eigenvalue weighted by molar-refractivity contribution is 0.0302. The highest BCUT2D eigenvalue weighted by Crippen LogP contribution is 2.25. The fourth-order valence-corrected chi connectivity index (χ4v) is 5.04. The van der Waals surface area contributed by atoms with Crippen molar-refractivity contribution >= 4 is 32.5 Å². The normalized spacial score (nSPS) is 14.6. The van der Waals surface area contributed by atoms with Gasteiger partial charge in [0.2, 0.25) is 5.43 Å². The first-order chi connectivity index (χ1) is 15.7. The summed E-state index contributed by atoms with van der Waals surface area (Å²) in [5.41, 5.74) is 1.57. The third-order valence-corrected chi connectivity index (χ3v) is 7.74. The lowest BCUT2D eigenvalue weighted by Gasteiger charge is -2.26. The molecule has 1 saturated heterocycles. The Kier molecular flexibility index (Phi) is 6.27. The predicted octanol–water partition coefficient (Wildman–Crippen LogP) is 2.95. The molecule has 0 atom stereocenters. The summed E-state index contributed by atoms with van der Waals surface area (Å²) in [6.45, 7) is 5.80. The van der Waals surface area contributed by atoms with Crippen LogP contribution in [0.15, 0.2) is 58.4 Å². The van der Waals surface area contributed by atoms with Crippen LogP contribution < -0.4 is 9.73 Å². The standard InChI is InChI=1S/C24H27N3O5S/c1-16(2)17-4-6-18(7-5-17)26(3)33(30,31)19-8-9-22-20(14-19)23(28)21(15-25-22)24(29)27-10-12-32-13-11-27/h4-9,14-16H,10-13H2,1-3H3,(H,25,28). The zero-order chi connectivity index (χ0) is 23.8. The number of hydrogen-bond acceptors (Lipinski definition) is 5. The first-order valence-corrected chi connectivity index (χ1v) is 12.3. The van der Waals surface area contributed by atoms with Gasteiger partial charge >= 0.3 is 0 Å². The van der Waals surface area contributed by atoms with Crippen molar-refractivity contribution in [1.82, 2.24) is 9.88 Å². The summed E-state index contributed by atoms with van der Waals surface area (Å²) in [6.07, 6.45) is 1.39. The molecule has 0 radical (unpaired) electrons. The second-order valence-electron chi connectivity index (χ2n) is 8.36. The number of amides is 1. The summed E-state index contributed by atoms with van der Waals surface area (Å²) in [7, 11) is -2.44. The van der Waals surface area contributed by atoms with Gasteiger partial charge in [-0.05, 0) is 41.8 Å². The van der Waals surface area contributed by atoms with Crippen molar-refractivity contribution in [3.63, 3.8) is 0 Å². The van der Waals surface area contributed by atoms with Gasteiger partial charge < -0.3 is 14.6 Å². The van der Waals surface area contributed by atoms with E-state index in [2.05, 4.69) is 18.8 Å². The van der Waals surface area contributed by atoms with Gasteiger partial charge in [-0.1, -0.05) is 26.0 Å². The van der Waals surface area contributed by atoms with Crippen molar-refractivity contribution in [2.75, 3.05) is 37.7 Å². The Hall–Kier alpha value is -3.17. The third kappa shape index (κ3) is 4.38.